The van der Waals surface area contributed by atoms with Gasteiger partial charge in [0.25, 0.3) is 0 Å². The Kier molecular flexibility index (Phi) is 6.15. The molecule has 0 aromatic heterocycles. The molecule has 0 fully saturated rings. The normalized spacial score (nSPS) is 13.0. The predicted octanol–water partition coefficient (Wildman–Crippen LogP) is -0.652. The van der Waals surface area contributed by atoms with Crippen molar-refractivity contribution in [1.29, 1.82) is 0 Å². The van der Waals surface area contributed by atoms with Gasteiger partial charge in [-0.25, -0.2) is 9.59 Å². The minimum Gasteiger partial charge on any atom is -0.480 e. The lowest BCUT2D eigenvalue weighted by Crippen LogP contribution is -2.48. The van der Waals surface area contributed by atoms with Crippen LogP contribution in [-0.4, -0.2) is 40.8 Å². The molecule has 1 aromatic carbocycles. The molecule has 0 aliphatic rings. The number of benzene rings is 1. The monoisotopic (exact) mass is 295 g/mol. The number of carbonyl (C=O) groups excluding carboxylic acids is 2. The molecular weight excluding hydrogens is 278 g/mol. The van der Waals surface area contributed by atoms with Gasteiger partial charge in [-0.05, 0) is 5.56 Å². The van der Waals surface area contributed by atoms with E-state index in [9.17, 15) is 14.4 Å². The highest BCUT2D eigenvalue weighted by molar-refractivity contribution is 5.90. The molecule has 0 aliphatic carbocycles. The van der Waals surface area contributed by atoms with Crippen LogP contribution in [0.3, 0.4) is 0 Å². The summed E-state index contributed by atoms with van der Waals surface area (Å²) in [6.07, 6.45) is -0.140. The number of urea groups is 1. The number of carboxylic acids is 1. The number of amides is 3. The van der Waals surface area contributed by atoms with Crippen molar-refractivity contribution >= 4 is 17.9 Å². The molecule has 0 radical (unpaired) electrons. The molecule has 3 amide bonds. The van der Waals surface area contributed by atoms with Gasteiger partial charge in [-0.1, -0.05) is 30.3 Å². The first kappa shape index (κ1) is 16.4. The van der Waals surface area contributed by atoms with E-state index >= 15 is 0 Å². The molecule has 1 unspecified atom stereocenters. The van der Waals surface area contributed by atoms with Crippen LogP contribution in [0.4, 0.5) is 4.79 Å². The van der Waals surface area contributed by atoms with Gasteiger partial charge in [0.05, 0.1) is 0 Å². The highest BCUT2D eigenvalue weighted by atomic mass is 16.4. The van der Waals surface area contributed by atoms with E-state index in [1.165, 1.54) is 0 Å². The van der Waals surface area contributed by atoms with Crippen LogP contribution in [-0.2, 0) is 9.59 Å². The lowest BCUT2D eigenvalue weighted by atomic mass is 10.1. The van der Waals surface area contributed by atoms with Crippen LogP contribution in [0.25, 0.3) is 0 Å². The zero-order valence-electron chi connectivity index (χ0n) is 11.2. The number of rotatable bonds is 7. The number of nitrogens with one attached hydrogen (secondary N) is 2. The van der Waals surface area contributed by atoms with E-state index in [4.69, 9.17) is 15.9 Å². The molecule has 6 N–H and O–H groups in total. The summed E-state index contributed by atoms with van der Waals surface area (Å²) in [5.41, 5.74) is 5.49. The maximum absolute atomic E-state index is 12.1. The number of hydrogen-bond donors (Lipinski definition) is 5. The Balaban J connectivity index is 2.90. The molecule has 1 rings (SSSR count). The van der Waals surface area contributed by atoms with E-state index < -0.39 is 36.6 Å². The first-order valence-electron chi connectivity index (χ1n) is 6.20. The van der Waals surface area contributed by atoms with Crippen LogP contribution in [0.5, 0.6) is 0 Å². The fourth-order valence-corrected chi connectivity index (χ4v) is 1.73. The zero-order valence-corrected chi connectivity index (χ0v) is 11.2. The Morgan fingerprint density at radius 3 is 2.24 bits per heavy atom. The van der Waals surface area contributed by atoms with E-state index in [-0.39, 0.29) is 6.42 Å². The minimum absolute atomic E-state index is 0.140. The molecule has 0 saturated carbocycles. The smallest absolute Gasteiger partial charge is 0.326 e. The average molecular weight is 295 g/mol. The molecule has 1 aromatic rings. The van der Waals surface area contributed by atoms with Gasteiger partial charge in [-0.2, -0.15) is 0 Å². The Morgan fingerprint density at radius 2 is 1.76 bits per heavy atom. The van der Waals surface area contributed by atoms with Crippen molar-refractivity contribution in [1.82, 2.24) is 10.6 Å². The molecule has 0 saturated heterocycles. The molecule has 2 atom stereocenters. The van der Waals surface area contributed by atoms with E-state index in [0.29, 0.717) is 5.56 Å². The lowest BCUT2D eigenvalue weighted by molar-refractivity contribution is -0.142. The summed E-state index contributed by atoms with van der Waals surface area (Å²) in [4.78, 5) is 34.1. The number of primary amides is 1. The van der Waals surface area contributed by atoms with Crippen LogP contribution in [0.1, 0.15) is 18.0 Å². The second-order valence-corrected chi connectivity index (χ2v) is 4.26. The topological polar surface area (TPSA) is 142 Å². The summed E-state index contributed by atoms with van der Waals surface area (Å²) in [5, 5.41) is 22.3. The van der Waals surface area contributed by atoms with Crippen LogP contribution >= 0.6 is 0 Å². The number of carbonyl (C=O) groups is 3. The number of hydrogen-bond acceptors (Lipinski definition) is 4. The van der Waals surface area contributed by atoms with Crippen molar-refractivity contribution in [2.45, 2.75) is 18.5 Å². The minimum atomic E-state index is -1.27. The second kappa shape index (κ2) is 7.85. The van der Waals surface area contributed by atoms with Gasteiger partial charge in [0, 0.05) is 13.0 Å². The third-order valence-corrected chi connectivity index (χ3v) is 2.71. The predicted molar refractivity (Wildman–Crippen MR) is 73.2 cm³/mol. The molecule has 0 spiro atoms. The standard InChI is InChI=1S/C13H17N3O5/c14-13(21)16-10(8-4-2-1-3-5-8)11(18)15-9(6-7-17)12(19)20/h1-5,9-10,17H,6-7H2,(H,15,18)(H,19,20)(H3,14,16,21)/t9-,10?/m0/s1. The first-order chi connectivity index (χ1) is 9.95. The van der Waals surface area contributed by atoms with E-state index in [1.807, 2.05) is 0 Å². The quantitative estimate of drug-likeness (QED) is 0.454. The number of aliphatic carboxylic acids is 1. The second-order valence-electron chi connectivity index (χ2n) is 4.26. The highest BCUT2D eigenvalue weighted by Crippen LogP contribution is 2.13. The number of nitrogens with two attached hydrogens (primary N) is 1. The largest absolute Gasteiger partial charge is 0.480 e. The van der Waals surface area contributed by atoms with Gasteiger partial charge in [-0.3, -0.25) is 4.79 Å². The first-order valence-corrected chi connectivity index (χ1v) is 6.20. The average Bonchev–Trinajstić information content (AvgIpc) is 2.44. The summed E-state index contributed by atoms with van der Waals surface area (Å²) < 4.78 is 0. The van der Waals surface area contributed by atoms with Crippen molar-refractivity contribution < 1.29 is 24.6 Å². The van der Waals surface area contributed by atoms with Crippen molar-refractivity contribution in [3.8, 4) is 0 Å². The molecule has 8 nitrogen and oxygen atoms in total. The van der Waals surface area contributed by atoms with Crippen molar-refractivity contribution in [2.75, 3.05) is 6.61 Å². The van der Waals surface area contributed by atoms with Crippen LogP contribution < -0.4 is 16.4 Å². The molecular formula is C13H17N3O5. The van der Waals surface area contributed by atoms with Gasteiger partial charge in [0.15, 0.2) is 0 Å². The van der Waals surface area contributed by atoms with Gasteiger partial charge in [-0.15, -0.1) is 0 Å². The fraction of sp³-hybridized carbons (Fsp3) is 0.308. The SMILES string of the molecule is NC(=O)NC(C(=O)N[C@@H](CCO)C(=O)O)c1ccccc1. The molecule has 0 heterocycles. The maximum atomic E-state index is 12.1. The molecule has 0 aliphatic heterocycles. The fourth-order valence-electron chi connectivity index (χ4n) is 1.73. The Labute approximate surface area is 120 Å². The third kappa shape index (κ3) is 5.11. The molecule has 21 heavy (non-hydrogen) atoms. The highest BCUT2D eigenvalue weighted by Gasteiger charge is 2.26. The molecule has 0 bridgehead atoms. The number of carboxylic acid groups (broad SMARTS) is 1. The summed E-state index contributed by atoms with van der Waals surface area (Å²) in [5.74, 6) is -2.00. The van der Waals surface area contributed by atoms with Crippen LogP contribution in [0.15, 0.2) is 30.3 Å². The molecule has 8 heteroatoms. The van der Waals surface area contributed by atoms with Gasteiger partial charge < -0.3 is 26.6 Å². The van der Waals surface area contributed by atoms with Gasteiger partial charge >= 0.3 is 12.0 Å². The number of aliphatic hydroxyl groups is 1. The van der Waals surface area contributed by atoms with E-state index in [0.717, 1.165) is 0 Å². The Bertz CT molecular complexity index is 506. The van der Waals surface area contributed by atoms with Crippen LogP contribution in [0, 0.1) is 0 Å². The lowest BCUT2D eigenvalue weighted by Gasteiger charge is -2.20. The van der Waals surface area contributed by atoms with Gasteiger partial charge in [0.2, 0.25) is 5.91 Å². The zero-order chi connectivity index (χ0) is 15.8. The summed E-state index contributed by atoms with van der Waals surface area (Å²) in [7, 11) is 0. The Hall–Kier alpha value is -2.61. The van der Waals surface area contributed by atoms with Crippen LogP contribution in [0.2, 0.25) is 0 Å². The molecule has 114 valence electrons. The Morgan fingerprint density at radius 1 is 1.14 bits per heavy atom. The third-order valence-electron chi connectivity index (χ3n) is 2.71. The maximum Gasteiger partial charge on any atom is 0.326 e. The summed E-state index contributed by atoms with van der Waals surface area (Å²) >= 11 is 0. The van der Waals surface area contributed by atoms with Gasteiger partial charge in [0.1, 0.15) is 12.1 Å². The summed E-state index contributed by atoms with van der Waals surface area (Å²) in [6, 6.07) is 5.00. The van der Waals surface area contributed by atoms with Crippen molar-refractivity contribution in [3.05, 3.63) is 35.9 Å². The number of aliphatic hydroxyl groups excluding tert-OH is 1. The van der Waals surface area contributed by atoms with E-state index in [1.54, 1.807) is 30.3 Å². The van der Waals surface area contributed by atoms with E-state index in [2.05, 4.69) is 10.6 Å². The van der Waals surface area contributed by atoms with Crippen molar-refractivity contribution in [2.24, 2.45) is 5.73 Å². The van der Waals surface area contributed by atoms with Crippen molar-refractivity contribution in [3.63, 3.8) is 0 Å². The summed E-state index contributed by atoms with van der Waals surface area (Å²) in [6.45, 7) is -0.392.